The maximum atomic E-state index is 4.49. The standard InChI is InChI=1S/C12H13N/c1-8-2-3-9-4-5-10-6-7-13-12(8)11(9)10/h6-7H,2-5H2,1H3. The van der Waals surface area contributed by atoms with E-state index in [0.29, 0.717) is 0 Å². The van der Waals surface area contributed by atoms with E-state index in [2.05, 4.69) is 18.0 Å². The molecule has 0 amide bonds. The fraction of sp³-hybridized carbons (Fsp3) is 0.417. The fourth-order valence-corrected chi connectivity index (χ4v) is 2.55. The van der Waals surface area contributed by atoms with Gasteiger partial charge in [0.05, 0.1) is 5.35 Å². The van der Waals surface area contributed by atoms with Gasteiger partial charge in [0.1, 0.15) is 0 Å². The van der Waals surface area contributed by atoms with Crippen molar-refractivity contribution < 1.29 is 0 Å². The number of hydrogen-bond acceptors (Lipinski definition) is 1. The van der Waals surface area contributed by atoms with E-state index in [-0.39, 0.29) is 0 Å². The maximum Gasteiger partial charge on any atom is 0.0693 e. The van der Waals surface area contributed by atoms with Crippen LogP contribution in [0.5, 0.6) is 0 Å². The molecule has 1 nitrogen and oxygen atoms in total. The van der Waals surface area contributed by atoms with Gasteiger partial charge < -0.3 is 0 Å². The van der Waals surface area contributed by atoms with Gasteiger partial charge in [-0.2, -0.15) is 0 Å². The Morgan fingerprint density at radius 2 is 2.00 bits per heavy atom. The van der Waals surface area contributed by atoms with E-state index >= 15 is 0 Å². The van der Waals surface area contributed by atoms with Crippen LogP contribution in [0.15, 0.2) is 12.3 Å². The molecular formula is C12H13N. The van der Waals surface area contributed by atoms with Gasteiger partial charge in [0.25, 0.3) is 0 Å². The minimum Gasteiger partial charge on any atom is -0.256 e. The average molecular weight is 171 g/mol. The lowest BCUT2D eigenvalue weighted by atomic mass is 9.98. The Bertz CT molecular complexity index is 482. The van der Waals surface area contributed by atoms with Crippen molar-refractivity contribution in [1.82, 2.24) is 4.98 Å². The molecule has 0 radical (unpaired) electrons. The zero-order valence-corrected chi connectivity index (χ0v) is 7.93. The lowest BCUT2D eigenvalue weighted by Crippen LogP contribution is -2.34. The van der Waals surface area contributed by atoms with Crippen molar-refractivity contribution >= 4 is 11.1 Å². The summed E-state index contributed by atoms with van der Waals surface area (Å²) in [5, 5.41) is 2.79. The molecule has 0 aromatic carbocycles. The summed E-state index contributed by atoms with van der Waals surface area (Å²) in [5.74, 6) is 0. The van der Waals surface area contributed by atoms with E-state index in [1.807, 2.05) is 6.20 Å². The van der Waals surface area contributed by atoms with Crippen molar-refractivity contribution in [3.05, 3.63) is 28.4 Å². The van der Waals surface area contributed by atoms with Crippen molar-refractivity contribution in [2.75, 3.05) is 0 Å². The highest BCUT2D eigenvalue weighted by molar-refractivity contribution is 5.59. The van der Waals surface area contributed by atoms with Crippen LogP contribution in [0.4, 0.5) is 0 Å². The Labute approximate surface area is 77.8 Å². The summed E-state index contributed by atoms with van der Waals surface area (Å²) in [7, 11) is 0. The van der Waals surface area contributed by atoms with E-state index in [9.17, 15) is 0 Å². The number of aryl methyl sites for hydroxylation is 1. The molecule has 1 aromatic heterocycles. The summed E-state index contributed by atoms with van der Waals surface area (Å²) in [4.78, 5) is 4.49. The molecule has 0 N–H and O–H groups in total. The first-order valence-corrected chi connectivity index (χ1v) is 5.02. The predicted molar refractivity (Wildman–Crippen MR) is 53.5 cm³/mol. The highest BCUT2D eigenvalue weighted by Gasteiger charge is 2.16. The highest BCUT2D eigenvalue weighted by atomic mass is 14.6. The van der Waals surface area contributed by atoms with Crippen molar-refractivity contribution in [1.29, 1.82) is 0 Å². The van der Waals surface area contributed by atoms with E-state index in [1.165, 1.54) is 47.4 Å². The third kappa shape index (κ3) is 0.902. The van der Waals surface area contributed by atoms with Crippen molar-refractivity contribution in [3.63, 3.8) is 0 Å². The summed E-state index contributed by atoms with van der Waals surface area (Å²) >= 11 is 0. The Kier molecular flexibility index (Phi) is 1.37. The number of hydrogen-bond donors (Lipinski definition) is 0. The van der Waals surface area contributed by atoms with E-state index in [1.54, 1.807) is 5.57 Å². The van der Waals surface area contributed by atoms with E-state index in [4.69, 9.17) is 0 Å². The van der Waals surface area contributed by atoms with Crippen LogP contribution in [-0.4, -0.2) is 4.98 Å². The molecule has 66 valence electrons. The molecule has 1 aromatic rings. The first-order chi connectivity index (χ1) is 6.36. The monoisotopic (exact) mass is 171 g/mol. The largest absolute Gasteiger partial charge is 0.256 e. The van der Waals surface area contributed by atoms with Crippen LogP contribution in [0.3, 0.4) is 0 Å². The van der Waals surface area contributed by atoms with Crippen LogP contribution in [0, 0.1) is 0 Å². The molecule has 0 saturated heterocycles. The van der Waals surface area contributed by atoms with Crippen molar-refractivity contribution in [3.8, 4) is 0 Å². The van der Waals surface area contributed by atoms with Crippen molar-refractivity contribution in [2.45, 2.75) is 32.6 Å². The fourth-order valence-electron chi connectivity index (χ4n) is 2.55. The molecular weight excluding hydrogens is 158 g/mol. The van der Waals surface area contributed by atoms with Crippen molar-refractivity contribution in [2.24, 2.45) is 0 Å². The van der Waals surface area contributed by atoms with E-state index in [0.717, 1.165) is 0 Å². The summed E-state index contributed by atoms with van der Waals surface area (Å²) in [6.07, 6.45) is 6.98. The molecule has 1 heteroatoms. The Morgan fingerprint density at radius 3 is 2.92 bits per heavy atom. The zero-order valence-electron chi connectivity index (χ0n) is 7.93. The summed E-state index contributed by atoms with van der Waals surface area (Å²) < 4.78 is 0. The van der Waals surface area contributed by atoms with Gasteiger partial charge in [-0.1, -0.05) is 5.57 Å². The second kappa shape index (κ2) is 2.44. The van der Waals surface area contributed by atoms with Gasteiger partial charge in [-0.15, -0.1) is 0 Å². The molecule has 0 unspecified atom stereocenters. The summed E-state index contributed by atoms with van der Waals surface area (Å²) in [6, 6.07) is 2.18. The molecule has 0 fully saturated rings. The Hall–Kier alpha value is -1.11. The summed E-state index contributed by atoms with van der Waals surface area (Å²) in [6.45, 7) is 2.22. The molecule has 0 bridgehead atoms. The molecule has 0 spiro atoms. The molecule has 2 aliphatic carbocycles. The van der Waals surface area contributed by atoms with Crippen LogP contribution >= 0.6 is 0 Å². The second-order valence-corrected chi connectivity index (χ2v) is 4.08. The Balaban J connectivity index is 2.57. The molecule has 0 aliphatic heterocycles. The quantitative estimate of drug-likeness (QED) is 0.570. The van der Waals surface area contributed by atoms with Gasteiger partial charge in [-0.3, -0.25) is 4.98 Å². The van der Waals surface area contributed by atoms with Crippen LogP contribution in [0.1, 0.15) is 31.7 Å². The van der Waals surface area contributed by atoms with Crippen LogP contribution < -0.4 is 10.6 Å². The summed E-state index contributed by atoms with van der Waals surface area (Å²) in [5.41, 5.74) is 4.66. The molecule has 0 saturated carbocycles. The smallest absolute Gasteiger partial charge is 0.0693 e. The molecule has 0 atom stereocenters. The van der Waals surface area contributed by atoms with Gasteiger partial charge in [-0.25, -0.2) is 0 Å². The molecule has 3 rings (SSSR count). The topological polar surface area (TPSA) is 12.9 Å². The molecule has 13 heavy (non-hydrogen) atoms. The Morgan fingerprint density at radius 1 is 1.15 bits per heavy atom. The van der Waals surface area contributed by atoms with Gasteiger partial charge in [0, 0.05) is 11.4 Å². The number of nitrogens with zero attached hydrogens (tertiary/aromatic N) is 1. The van der Waals surface area contributed by atoms with Gasteiger partial charge in [0.2, 0.25) is 0 Å². The predicted octanol–water partition coefficient (Wildman–Crippen LogP) is 1.14. The number of pyridine rings is 1. The van der Waals surface area contributed by atoms with Crippen LogP contribution in [-0.2, 0) is 6.42 Å². The second-order valence-electron chi connectivity index (χ2n) is 4.08. The number of aromatic nitrogens is 1. The SMILES string of the molecule is CC1=c2nccc3c2=C(CC1)CC3. The lowest BCUT2D eigenvalue weighted by Gasteiger charge is -2.08. The van der Waals surface area contributed by atoms with Gasteiger partial charge >= 0.3 is 0 Å². The van der Waals surface area contributed by atoms with Gasteiger partial charge in [0.15, 0.2) is 0 Å². The van der Waals surface area contributed by atoms with Crippen LogP contribution in [0.2, 0.25) is 0 Å². The van der Waals surface area contributed by atoms with Crippen LogP contribution in [0.25, 0.3) is 11.1 Å². The average Bonchev–Trinajstić information content (AvgIpc) is 2.57. The first-order valence-electron chi connectivity index (χ1n) is 5.02. The molecule has 1 heterocycles. The number of rotatable bonds is 0. The molecule has 2 aliphatic rings. The lowest BCUT2D eigenvalue weighted by molar-refractivity contribution is 0.967. The first kappa shape index (κ1) is 7.31. The third-order valence-electron chi connectivity index (χ3n) is 3.29. The normalized spacial score (nSPS) is 19.2. The third-order valence-corrected chi connectivity index (χ3v) is 3.29. The zero-order chi connectivity index (χ0) is 8.84. The minimum atomic E-state index is 1.22. The van der Waals surface area contributed by atoms with E-state index < -0.39 is 0 Å². The van der Waals surface area contributed by atoms with Gasteiger partial charge in [-0.05, 0) is 49.8 Å². The maximum absolute atomic E-state index is 4.49. The minimum absolute atomic E-state index is 1.22. The highest BCUT2D eigenvalue weighted by Crippen LogP contribution is 2.22.